The Morgan fingerprint density at radius 2 is 2.04 bits per heavy atom. The smallest absolute Gasteiger partial charge is 0.337 e. The number of carbonyl (C=O) groups excluding carboxylic acids is 2. The van der Waals surface area contributed by atoms with E-state index in [9.17, 15) is 9.59 Å². The van der Waals surface area contributed by atoms with Crippen molar-refractivity contribution in [1.29, 1.82) is 0 Å². The first-order chi connectivity index (χ1) is 11.8. The third-order valence-corrected chi connectivity index (χ3v) is 4.70. The quantitative estimate of drug-likeness (QED) is 0.595. The van der Waals surface area contributed by atoms with Gasteiger partial charge in [-0.1, -0.05) is 32.9 Å². The van der Waals surface area contributed by atoms with Crippen molar-refractivity contribution in [3.05, 3.63) is 35.5 Å². The van der Waals surface area contributed by atoms with Gasteiger partial charge in [0, 0.05) is 16.2 Å². The minimum absolute atomic E-state index is 0.0000477. The van der Waals surface area contributed by atoms with Gasteiger partial charge in [0.15, 0.2) is 0 Å². The molecule has 1 aromatic rings. The molecule has 1 aliphatic rings. The number of β-amino-alcohol motifs (C(OH)–C–C–N with tert-alkyl or cyclic N) is 1. The number of carbonyl (C=O) groups is 2. The third-order valence-electron chi connectivity index (χ3n) is 3.52. The molecule has 0 bridgehead atoms. The van der Waals surface area contributed by atoms with Crippen molar-refractivity contribution in [3.8, 4) is 0 Å². The minimum Gasteiger partial charge on any atom is -0.466 e. The number of hydrogen-bond acceptors (Lipinski definition) is 6. The minimum atomic E-state index is -0.544. The fraction of sp³-hybridized carbons (Fsp3) is 0.444. The lowest BCUT2D eigenvalue weighted by Crippen LogP contribution is -2.31. The monoisotopic (exact) mass is 364 g/mol. The molecule has 0 unspecified atom stereocenters. The molecule has 6 nitrogen and oxygen atoms in total. The number of nitrogens with zero attached hydrogens (tertiary/aromatic N) is 1. The fourth-order valence-electron chi connectivity index (χ4n) is 2.47. The molecule has 25 heavy (non-hydrogen) atoms. The van der Waals surface area contributed by atoms with Crippen LogP contribution in [0.5, 0.6) is 0 Å². The van der Waals surface area contributed by atoms with Gasteiger partial charge < -0.3 is 20.1 Å². The van der Waals surface area contributed by atoms with Crippen molar-refractivity contribution in [2.24, 2.45) is 0 Å². The number of nitrogens with one attached hydrogen (secondary N) is 1. The van der Waals surface area contributed by atoms with Crippen LogP contribution in [0.4, 0.5) is 5.69 Å². The highest BCUT2D eigenvalue weighted by Crippen LogP contribution is 2.37. The Labute approximate surface area is 152 Å². The number of aliphatic hydroxyl groups excluding tert-OH is 1. The summed E-state index contributed by atoms with van der Waals surface area (Å²) in [7, 11) is 1.29. The molecule has 0 saturated carbocycles. The van der Waals surface area contributed by atoms with E-state index in [-0.39, 0.29) is 41.6 Å². The van der Waals surface area contributed by atoms with E-state index in [0.717, 1.165) is 10.6 Å². The average Bonchev–Trinajstić information content (AvgIpc) is 2.84. The van der Waals surface area contributed by atoms with Gasteiger partial charge in [-0.3, -0.25) is 4.79 Å². The van der Waals surface area contributed by atoms with Gasteiger partial charge in [-0.15, -0.1) is 11.8 Å². The van der Waals surface area contributed by atoms with Crippen molar-refractivity contribution < 1.29 is 19.4 Å². The van der Waals surface area contributed by atoms with Crippen molar-refractivity contribution in [2.45, 2.75) is 30.4 Å². The first-order valence-corrected chi connectivity index (χ1v) is 8.85. The molecular formula is C18H24N2O4S. The summed E-state index contributed by atoms with van der Waals surface area (Å²) >= 11 is 1.67. The molecule has 1 amide bonds. The zero-order valence-electron chi connectivity index (χ0n) is 15.0. The Bertz CT molecular complexity index is 695. The highest BCUT2D eigenvalue weighted by Gasteiger charge is 2.34. The van der Waals surface area contributed by atoms with Crippen molar-refractivity contribution >= 4 is 29.3 Å². The number of benzene rings is 1. The third kappa shape index (κ3) is 4.76. The lowest BCUT2D eigenvalue weighted by Gasteiger charge is -2.21. The zero-order valence-corrected chi connectivity index (χ0v) is 15.8. The maximum atomic E-state index is 12.6. The van der Waals surface area contributed by atoms with Crippen LogP contribution >= 0.6 is 11.8 Å². The van der Waals surface area contributed by atoms with E-state index in [2.05, 4.69) is 26.1 Å². The second-order valence-electron chi connectivity index (χ2n) is 6.63. The molecule has 0 aromatic heterocycles. The molecule has 136 valence electrons. The largest absolute Gasteiger partial charge is 0.466 e. The second-order valence-corrected chi connectivity index (χ2v) is 8.50. The SMILES string of the molecule is COC(=O)C1=C(Nc2ccccc2SC(C)(C)C)C(=O)N(CCO)C1. The van der Waals surface area contributed by atoms with E-state index < -0.39 is 5.97 Å². The molecule has 2 rings (SSSR count). The van der Waals surface area contributed by atoms with Crippen molar-refractivity contribution in [3.63, 3.8) is 0 Å². The van der Waals surface area contributed by atoms with Crippen LogP contribution in [0, 0.1) is 0 Å². The van der Waals surface area contributed by atoms with Crippen LogP contribution in [0.25, 0.3) is 0 Å². The summed E-state index contributed by atoms with van der Waals surface area (Å²) in [4.78, 5) is 27.1. The number of rotatable bonds is 6. The van der Waals surface area contributed by atoms with Crippen LogP contribution in [0.15, 0.2) is 40.4 Å². The number of amides is 1. The van der Waals surface area contributed by atoms with E-state index in [4.69, 9.17) is 9.84 Å². The van der Waals surface area contributed by atoms with E-state index in [1.807, 2.05) is 24.3 Å². The van der Waals surface area contributed by atoms with Crippen LogP contribution in [0.2, 0.25) is 0 Å². The molecule has 0 atom stereocenters. The van der Waals surface area contributed by atoms with Crippen LogP contribution < -0.4 is 5.32 Å². The molecule has 0 radical (unpaired) electrons. The topological polar surface area (TPSA) is 78.9 Å². The van der Waals surface area contributed by atoms with Gasteiger partial charge in [0.1, 0.15) is 5.70 Å². The van der Waals surface area contributed by atoms with Crippen LogP contribution in [0.3, 0.4) is 0 Å². The Morgan fingerprint density at radius 1 is 1.36 bits per heavy atom. The molecule has 1 heterocycles. The Hall–Kier alpha value is -1.99. The molecule has 1 aliphatic heterocycles. The van der Waals surface area contributed by atoms with Gasteiger partial charge >= 0.3 is 5.97 Å². The maximum absolute atomic E-state index is 12.6. The van der Waals surface area contributed by atoms with E-state index in [1.165, 1.54) is 12.0 Å². The van der Waals surface area contributed by atoms with E-state index in [0.29, 0.717) is 0 Å². The number of para-hydroxylation sites is 1. The number of esters is 1. The summed E-state index contributed by atoms with van der Waals surface area (Å²) in [6, 6.07) is 7.65. The second kappa shape index (κ2) is 7.93. The number of ether oxygens (including phenoxy) is 1. The summed E-state index contributed by atoms with van der Waals surface area (Å²) in [5.74, 6) is -0.859. The highest BCUT2D eigenvalue weighted by molar-refractivity contribution is 8.00. The van der Waals surface area contributed by atoms with Gasteiger partial charge in [-0.2, -0.15) is 0 Å². The van der Waals surface area contributed by atoms with Crippen molar-refractivity contribution in [1.82, 2.24) is 4.90 Å². The normalized spacial score (nSPS) is 14.9. The van der Waals surface area contributed by atoms with E-state index >= 15 is 0 Å². The highest BCUT2D eigenvalue weighted by atomic mass is 32.2. The predicted octanol–water partition coefficient (Wildman–Crippen LogP) is 2.25. The molecular weight excluding hydrogens is 340 g/mol. The Balaban J connectivity index is 2.36. The molecule has 2 N–H and O–H groups in total. The molecule has 7 heteroatoms. The Morgan fingerprint density at radius 3 is 2.64 bits per heavy atom. The molecule has 0 fully saturated rings. The summed E-state index contributed by atoms with van der Waals surface area (Å²) in [5.41, 5.74) is 1.25. The standard InChI is InChI=1S/C18H24N2O4S/c1-18(2,3)25-14-8-6-5-7-13(14)19-15-12(17(23)24-4)11-20(9-10-21)16(15)22/h5-8,19,21H,9-11H2,1-4H3. The number of methoxy groups -OCH3 is 1. The van der Waals surface area contributed by atoms with E-state index in [1.54, 1.807) is 11.8 Å². The summed E-state index contributed by atoms with van der Waals surface area (Å²) in [5, 5.41) is 12.2. The number of thioether (sulfide) groups is 1. The number of anilines is 1. The van der Waals surface area contributed by atoms with Gasteiger partial charge in [0.05, 0.1) is 31.5 Å². The lowest BCUT2D eigenvalue weighted by atomic mass is 10.2. The summed E-state index contributed by atoms with van der Waals surface area (Å²) < 4.78 is 4.80. The first-order valence-electron chi connectivity index (χ1n) is 8.03. The molecule has 0 spiro atoms. The average molecular weight is 364 g/mol. The number of hydrogen-bond donors (Lipinski definition) is 2. The Kier molecular flexibility index (Phi) is 6.13. The van der Waals surface area contributed by atoms with Gasteiger partial charge in [-0.25, -0.2) is 4.79 Å². The predicted molar refractivity (Wildman–Crippen MR) is 98.4 cm³/mol. The van der Waals surface area contributed by atoms with Crippen LogP contribution in [-0.4, -0.2) is 53.4 Å². The van der Waals surface area contributed by atoms with Gasteiger partial charge in [-0.05, 0) is 12.1 Å². The number of aliphatic hydroxyl groups is 1. The first kappa shape index (κ1) is 19.3. The molecule has 0 aliphatic carbocycles. The fourth-order valence-corrected chi connectivity index (χ4v) is 3.51. The van der Waals surface area contributed by atoms with Crippen LogP contribution in [-0.2, 0) is 14.3 Å². The molecule has 1 aromatic carbocycles. The molecule has 0 saturated heterocycles. The van der Waals surface area contributed by atoms with Gasteiger partial charge in [0.25, 0.3) is 5.91 Å². The van der Waals surface area contributed by atoms with Crippen molar-refractivity contribution in [2.75, 3.05) is 32.1 Å². The lowest BCUT2D eigenvalue weighted by molar-refractivity contribution is -0.136. The maximum Gasteiger partial charge on any atom is 0.337 e. The zero-order chi connectivity index (χ0) is 18.6. The summed E-state index contributed by atoms with van der Waals surface area (Å²) in [6.07, 6.45) is 0. The summed E-state index contributed by atoms with van der Waals surface area (Å²) in [6.45, 7) is 6.46. The van der Waals surface area contributed by atoms with Gasteiger partial charge in [0.2, 0.25) is 0 Å². The van der Waals surface area contributed by atoms with Crippen LogP contribution in [0.1, 0.15) is 20.8 Å².